The van der Waals surface area contributed by atoms with Crippen LogP contribution in [0.3, 0.4) is 0 Å². The van der Waals surface area contributed by atoms with Crippen LogP contribution in [0.5, 0.6) is 0 Å². The Bertz CT molecular complexity index is 726. The highest BCUT2D eigenvalue weighted by atomic mass is 32.2. The molecule has 0 aliphatic carbocycles. The molecule has 2 N–H and O–H groups in total. The minimum Gasteiger partial charge on any atom is -0.333 e. The van der Waals surface area contributed by atoms with Crippen LogP contribution in [0, 0.1) is 0 Å². The van der Waals surface area contributed by atoms with Crippen LogP contribution in [0.15, 0.2) is 59.5 Å². The Morgan fingerprint density at radius 1 is 0.955 bits per heavy atom. The summed E-state index contributed by atoms with van der Waals surface area (Å²) in [5.74, 6) is 0. The standard InChI is InChI=1S/C16H18N2O3S/c1-2-13-8-10-15(11-9-13)22(20,21)18-16(19)17-12-14-6-4-3-5-7-14/h3-11H,2,12H2,1H3,(H2,17,18,19). The maximum Gasteiger partial charge on any atom is 0.328 e. The van der Waals surface area contributed by atoms with Crippen molar-refractivity contribution in [1.29, 1.82) is 0 Å². The Morgan fingerprint density at radius 3 is 2.18 bits per heavy atom. The van der Waals surface area contributed by atoms with Crippen molar-refractivity contribution in [2.45, 2.75) is 24.8 Å². The number of aryl methyl sites for hydroxylation is 1. The summed E-state index contributed by atoms with van der Waals surface area (Å²) in [5.41, 5.74) is 1.93. The van der Waals surface area contributed by atoms with Gasteiger partial charge in [-0.05, 0) is 29.7 Å². The first-order chi connectivity index (χ1) is 10.5. The number of urea groups is 1. The Balaban J connectivity index is 1.97. The SMILES string of the molecule is CCc1ccc(S(=O)(=O)NC(=O)NCc2ccccc2)cc1. The van der Waals surface area contributed by atoms with E-state index in [-0.39, 0.29) is 11.4 Å². The zero-order valence-electron chi connectivity index (χ0n) is 12.2. The van der Waals surface area contributed by atoms with E-state index < -0.39 is 16.1 Å². The third-order valence-corrected chi connectivity index (χ3v) is 4.51. The molecule has 0 saturated carbocycles. The molecule has 0 aliphatic rings. The molecule has 6 heteroatoms. The van der Waals surface area contributed by atoms with E-state index in [0.717, 1.165) is 17.5 Å². The molecular formula is C16H18N2O3S. The third kappa shape index (κ3) is 4.33. The van der Waals surface area contributed by atoms with Crippen molar-refractivity contribution in [3.8, 4) is 0 Å². The van der Waals surface area contributed by atoms with Gasteiger partial charge in [0.05, 0.1) is 4.90 Å². The van der Waals surface area contributed by atoms with E-state index in [1.54, 1.807) is 12.1 Å². The van der Waals surface area contributed by atoms with Gasteiger partial charge in [-0.25, -0.2) is 17.9 Å². The van der Waals surface area contributed by atoms with Crippen molar-refractivity contribution < 1.29 is 13.2 Å². The van der Waals surface area contributed by atoms with Gasteiger partial charge in [0, 0.05) is 6.54 Å². The van der Waals surface area contributed by atoms with Gasteiger partial charge in [0.25, 0.3) is 10.0 Å². The van der Waals surface area contributed by atoms with Gasteiger partial charge in [0.2, 0.25) is 0 Å². The summed E-state index contributed by atoms with van der Waals surface area (Å²) in [5, 5.41) is 2.52. The first kappa shape index (κ1) is 16.0. The maximum atomic E-state index is 12.1. The van der Waals surface area contributed by atoms with E-state index in [1.165, 1.54) is 12.1 Å². The van der Waals surface area contributed by atoms with E-state index in [0.29, 0.717) is 0 Å². The lowest BCUT2D eigenvalue weighted by Gasteiger charge is -2.09. The third-order valence-electron chi connectivity index (χ3n) is 3.16. The lowest BCUT2D eigenvalue weighted by Crippen LogP contribution is -2.39. The van der Waals surface area contributed by atoms with E-state index in [4.69, 9.17) is 0 Å². The molecule has 2 amide bonds. The Labute approximate surface area is 130 Å². The molecular weight excluding hydrogens is 300 g/mol. The summed E-state index contributed by atoms with van der Waals surface area (Å²) >= 11 is 0. The number of benzene rings is 2. The first-order valence-electron chi connectivity index (χ1n) is 6.95. The number of nitrogens with one attached hydrogen (secondary N) is 2. The normalized spacial score (nSPS) is 11.0. The molecule has 0 atom stereocenters. The molecule has 0 radical (unpaired) electrons. The number of hydrogen-bond acceptors (Lipinski definition) is 3. The van der Waals surface area contributed by atoms with Crippen LogP contribution in [0.1, 0.15) is 18.1 Å². The topological polar surface area (TPSA) is 75.3 Å². The summed E-state index contributed by atoms with van der Waals surface area (Å²) in [6.45, 7) is 2.25. The van der Waals surface area contributed by atoms with Gasteiger partial charge in [0.15, 0.2) is 0 Å². The van der Waals surface area contributed by atoms with E-state index in [1.807, 2.05) is 42.0 Å². The zero-order chi connectivity index (χ0) is 16.0. The molecule has 2 rings (SSSR count). The Kier molecular flexibility index (Phi) is 5.16. The van der Waals surface area contributed by atoms with Crippen LogP contribution in [-0.2, 0) is 23.0 Å². The van der Waals surface area contributed by atoms with Gasteiger partial charge in [-0.1, -0.05) is 49.4 Å². The highest BCUT2D eigenvalue weighted by Crippen LogP contribution is 2.10. The van der Waals surface area contributed by atoms with E-state index >= 15 is 0 Å². The van der Waals surface area contributed by atoms with Crippen molar-refractivity contribution in [3.63, 3.8) is 0 Å². The van der Waals surface area contributed by atoms with E-state index in [9.17, 15) is 13.2 Å². The lowest BCUT2D eigenvalue weighted by atomic mass is 10.2. The van der Waals surface area contributed by atoms with Gasteiger partial charge in [-0.15, -0.1) is 0 Å². The zero-order valence-corrected chi connectivity index (χ0v) is 13.1. The monoisotopic (exact) mass is 318 g/mol. The fourth-order valence-corrected chi connectivity index (χ4v) is 2.83. The van der Waals surface area contributed by atoms with Gasteiger partial charge >= 0.3 is 6.03 Å². The summed E-state index contributed by atoms with van der Waals surface area (Å²) in [6.07, 6.45) is 0.825. The highest BCUT2D eigenvalue weighted by molar-refractivity contribution is 7.90. The number of hydrogen-bond donors (Lipinski definition) is 2. The fourth-order valence-electron chi connectivity index (χ4n) is 1.90. The molecule has 0 saturated heterocycles. The molecule has 0 bridgehead atoms. The number of sulfonamides is 1. The van der Waals surface area contributed by atoms with Crippen molar-refractivity contribution >= 4 is 16.1 Å². The number of amides is 2. The lowest BCUT2D eigenvalue weighted by molar-refractivity contribution is 0.245. The molecule has 2 aromatic carbocycles. The minimum absolute atomic E-state index is 0.0690. The number of rotatable bonds is 5. The average Bonchev–Trinajstić information content (AvgIpc) is 2.53. The Hall–Kier alpha value is -2.34. The summed E-state index contributed by atoms with van der Waals surface area (Å²) < 4.78 is 26.2. The van der Waals surface area contributed by atoms with Gasteiger partial charge < -0.3 is 5.32 Å². The molecule has 5 nitrogen and oxygen atoms in total. The molecule has 0 fully saturated rings. The second kappa shape index (κ2) is 7.09. The summed E-state index contributed by atoms with van der Waals surface area (Å²) in [7, 11) is -3.85. The molecule has 116 valence electrons. The average molecular weight is 318 g/mol. The summed E-state index contributed by atoms with van der Waals surface area (Å²) in [6, 6.07) is 15.0. The maximum absolute atomic E-state index is 12.1. The van der Waals surface area contributed by atoms with E-state index in [2.05, 4.69) is 5.32 Å². The van der Waals surface area contributed by atoms with Crippen LogP contribution in [0.2, 0.25) is 0 Å². The quantitative estimate of drug-likeness (QED) is 0.889. The molecule has 0 aliphatic heterocycles. The molecule has 0 heterocycles. The molecule has 0 aromatic heterocycles. The van der Waals surface area contributed by atoms with Crippen molar-refractivity contribution in [1.82, 2.24) is 10.0 Å². The van der Waals surface area contributed by atoms with Crippen molar-refractivity contribution in [2.24, 2.45) is 0 Å². The van der Waals surface area contributed by atoms with Crippen LogP contribution < -0.4 is 10.0 Å². The molecule has 0 unspecified atom stereocenters. The van der Waals surface area contributed by atoms with Crippen molar-refractivity contribution in [3.05, 3.63) is 65.7 Å². The van der Waals surface area contributed by atoms with Crippen LogP contribution in [0.25, 0.3) is 0 Å². The smallest absolute Gasteiger partial charge is 0.328 e. The van der Waals surface area contributed by atoms with Crippen LogP contribution in [0.4, 0.5) is 4.79 Å². The largest absolute Gasteiger partial charge is 0.333 e. The fraction of sp³-hybridized carbons (Fsp3) is 0.188. The highest BCUT2D eigenvalue weighted by Gasteiger charge is 2.17. The number of carbonyl (C=O) groups excluding carboxylic acids is 1. The van der Waals surface area contributed by atoms with Gasteiger partial charge in [-0.2, -0.15) is 0 Å². The molecule has 2 aromatic rings. The van der Waals surface area contributed by atoms with Crippen LogP contribution in [-0.4, -0.2) is 14.4 Å². The molecule has 0 spiro atoms. The summed E-state index contributed by atoms with van der Waals surface area (Å²) in [4.78, 5) is 11.8. The van der Waals surface area contributed by atoms with Gasteiger partial charge in [0.1, 0.15) is 0 Å². The van der Waals surface area contributed by atoms with Crippen LogP contribution >= 0.6 is 0 Å². The second-order valence-corrected chi connectivity index (χ2v) is 6.45. The Morgan fingerprint density at radius 2 is 1.59 bits per heavy atom. The van der Waals surface area contributed by atoms with Gasteiger partial charge in [-0.3, -0.25) is 0 Å². The molecule has 22 heavy (non-hydrogen) atoms. The predicted octanol–water partition coefficient (Wildman–Crippen LogP) is 2.44. The predicted molar refractivity (Wildman–Crippen MR) is 84.8 cm³/mol. The number of carbonyl (C=O) groups is 1. The second-order valence-electron chi connectivity index (χ2n) is 4.77. The first-order valence-corrected chi connectivity index (χ1v) is 8.43. The van der Waals surface area contributed by atoms with Crippen molar-refractivity contribution in [2.75, 3.05) is 0 Å². The minimum atomic E-state index is -3.85.